The van der Waals surface area contributed by atoms with E-state index in [1.165, 1.54) is 38.5 Å². The molecule has 21 heavy (non-hydrogen) atoms. The number of hydrogen-bond acceptors (Lipinski definition) is 2. The molecule has 4 heteroatoms. The Bertz CT molecular complexity index is 317. The van der Waals surface area contributed by atoms with Crippen LogP contribution in [0.4, 0.5) is 8.78 Å². The normalized spacial score (nSPS) is 33.9. The Morgan fingerprint density at radius 2 is 1.52 bits per heavy atom. The van der Waals surface area contributed by atoms with Gasteiger partial charge in [-0.1, -0.05) is 32.6 Å². The van der Waals surface area contributed by atoms with E-state index in [-0.39, 0.29) is 6.10 Å². The Morgan fingerprint density at radius 1 is 1.00 bits per heavy atom. The van der Waals surface area contributed by atoms with E-state index >= 15 is 0 Å². The molecule has 2 fully saturated rings. The first-order valence-electron chi connectivity index (χ1n) is 8.58. The maximum atomic E-state index is 12.2. The first kappa shape index (κ1) is 16.7. The van der Waals surface area contributed by atoms with Crippen molar-refractivity contribution in [1.82, 2.24) is 0 Å². The topological polar surface area (TPSA) is 26.3 Å². The maximum Gasteiger partial charge on any atom is 0.374 e. The second kappa shape index (κ2) is 8.09. The molecule has 0 aliphatic heterocycles. The van der Waals surface area contributed by atoms with E-state index in [2.05, 4.69) is 6.92 Å². The molecule has 2 rings (SSSR count). The fourth-order valence-corrected chi connectivity index (χ4v) is 4.25. The largest absolute Gasteiger partial charge is 0.458 e. The smallest absolute Gasteiger partial charge is 0.374 e. The zero-order valence-electron chi connectivity index (χ0n) is 13.0. The van der Waals surface area contributed by atoms with E-state index in [1.807, 2.05) is 0 Å². The summed E-state index contributed by atoms with van der Waals surface area (Å²) in [7, 11) is 0. The Kier molecular flexibility index (Phi) is 6.43. The Hall–Kier alpha value is -0.670. The van der Waals surface area contributed by atoms with Crippen molar-refractivity contribution >= 4 is 5.97 Å². The van der Waals surface area contributed by atoms with Crippen molar-refractivity contribution in [3.63, 3.8) is 0 Å². The highest BCUT2D eigenvalue weighted by Crippen LogP contribution is 2.41. The summed E-state index contributed by atoms with van der Waals surface area (Å²) in [5.74, 6) is 1.10. The van der Waals surface area contributed by atoms with Crippen LogP contribution in [-0.4, -0.2) is 18.5 Å². The molecule has 0 bridgehead atoms. The van der Waals surface area contributed by atoms with Crippen molar-refractivity contribution in [2.24, 2.45) is 17.8 Å². The number of rotatable bonds is 5. The van der Waals surface area contributed by atoms with Gasteiger partial charge in [-0.3, -0.25) is 0 Å². The fraction of sp³-hybridized carbons (Fsp3) is 0.941. The highest BCUT2D eigenvalue weighted by molar-refractivity contribution is 5.72. The van der Waals surface area contributed by atoms with Crippen molar-refractivity contribution in [1.29, 1.82) is 0 Å². The number of carbonyl (C=O) groups is 1. The molecule has 2 aliphatic carbocycles. The Labute approximate surface area is 126 Å². The molecular weight excluding hydrogens is 274 g/mol. The van der Waals surface area contributed by atoms with Crippen molar-refractivity contribution in [3.8, 4) is 0 Å². The second-order valence-corrected chi connectivity index (χ2v) is 6.84. The van der Waals surface area contributed by atoms with Crippen molar-refractivity contribution in [2.45, 2.75) is 83.7 Å². The minimum Gasteiger partial charge on any atom is -0.458 e. The van der Waals surface area contributed by atoms with Gasteiger partial charge in [0.15, 0.2) is 0 Å². The summed E-state index contributed by atoms with van der Waals surface area (Å²) in [4.78, 5) is 10.9. The predicted molar refractivity (Wildman–Crippen MR) is 78.2 cm³/mol. The summed E-state index contributed by atoms with van der Waals surface area (Å²) in [5.41, 5.74) is 0. The molecule has 0 unspecified atom stereocenters. The van der Waals surface area contributed by atoms with E-state index in [0.29, 0.717) is 5.92 Å². The number of esters is 1. The molecule has 0 aromatic carbocycles. The molecule has 0 saturated heterocycles. The number of carbonyl (C=O) groups excluding carboxylic acids is 1. The minimum atomic E-state index is -2.99. The zero-order chi connectivity index (χ0) is 15.2. The van der Waals surface area contributed by atoms with Gasteiger partial charge >= 0.3 is 12.4 Å². The molecule has 2 nitrogen and oxygen atoms in total. The summed E-state index contributed by atoms with van der Waals surface area (Å²) in [6.07, 6.45) is 8.35. The summed E-state index contributed by atoms with van der Waals surface area (Å²) in [6.45, 7) is 2.26. The van der Waals surface area contributed by atoms with E-state index in [1.54, 1.807) is 0 Å². The van der Waals surface area contributed by atoms with Gasteiger partial charge in [0.25, 0.3) is 0 Å². The number of hydrogen-bond donors (Lipinski definition) is 0. The standard InChI is InChI=1S/C17H28F2O2/c1-2-3-12-4-6-13(7-5-12)14-8-10-15(11-9-14)21-17(20)16(18)19/h12-16H,2-11H2,1H3. The lowest BCUT2D eigenvalue weighted by Gasteiger charge is -2.37. The van der Waals surface area contributed by atoms with Gasteiger partial charge in [-0.15, -0.1) is 0 Å². The molecule has 0 aromatic heterocycles. The van der Waals surface area contributed by atoms with Crippen LogP contribution in [0.1, 0.15) is 71.1 Å². The first-order valence-corrected chi connectivity index (χ1v) is 8.58. The van der Waals surface area contributed by atoms with E-state index in [0.717, 1.165) is 37.5 Å². The predicted octanol–water partition coefficient (Wildman–Crippen LogP) is 4.96. The van der Waals surface area contributed by atoms with Crippen LogP contribution in [0.25, 0.3) is 0 Å². The molecule has 0 amide bonds. The van der Waals surface area contributed by atoms with Crippen LogP contribution in [0.5, 0.6) is 0 Å². The Balaban J connectivity index is 1.68. The van der Waals surface area contributed by atoms with E-state index in [4.69, 9.17) is 4.74 Å². The number of ether oxygens (including phenoxy) is 1. The second-order valence-electron chi connectivity index (χ2n) is 6.84. The molecule has 2 saturated carbocycles. The highest BCUT2D eigenvalue weighted by atomic mass is 19.3. The fourth-order valence-electron chi connectivity index (χ4n) is 4.25. The first-order chi connectivity index (χ1) is 10.1. The lowest BCUT2D eigenvalue weighted by atomic mass is 9.70. The van der Waals surface area contributed by atoms with Crippen LogP contribution < -0.4 is 0 Å². The third kappa shape index (κ3) is 4.93. The van der Waals surface area contributed by atoms with Crippen LogP contribution in [0, 0.1) is 17.8 Å². The molecule has 122 valence electrons. The average Bonchev–Trinajstić information content (AvgIpc) is 2.49. The van der Waals surface area contributed by atoms with Gasteiger partial charge in [-0.05, 0) is 56.3 Å². The molecule has 0 atom stereocenters. The third-order valence-corrected chi connectivity index (χ3v) is 5.43. The lowest BCUT2D eigenvalue weighted by molar-refractivity contribution is -0.164. The summed E-state index contributed by atoms with van der Waals surface area (Å²) in [5, 5.41) is 0. The van der Waals surface area contributed by atoms with Gasteiger partial charge in [0.2, 0.25) is 0 Å². The SMILES string of the molecule is CCCC1CCC(C2CCC(OC(=O)C(F)F)CC2)CC1. The molecule has 0 spiro atoms. The van der Waals surface area contributed by atoms with Crippen LogP contribution in [-0.2, 0) is 9.53 Å². The van der Waals surface area contributed by atoms with Gasteiger partial charge in [0, 0.05) is 0 Å². The summed E-state index contributed by atoms with van der Waals surface area (Å²) in [6, 6.07) is 0. The minimum absolute atomic E-state index is 0.279. The highest BCUT2D eigenvalue weighted by Gasteiger charge is 2.32. The van der Waals surface area contributed by atoms with Crippen molar-refractivity contribution in [2.75, 3.05) is 0 Å². The van der Waals surface area contributed by atoms with Gasteiger partial charge < -0.3 is 4.74 Å². The van der Waals surface area contributed by atoms with Crippen molar-refractivity contribution < 1.29 is 18.3 Å². The average molecular weight is 302 g/mol. The molecule has 2 aliphatic rings. The van der Waals surface area contributed by atoms with Gasteiger partial charge in [0.1, 0.15) is 6.10 Å². The van der Waals surface area contributed by atoms with Crippen LogP contribution >= 0.6 is 0 Å². The van der Waals surface area contributed by atoms with Crippen LogP contribution in [0.3, 0.4) is 0 Å². The van der Waals surface area contributed by atoms with E-state index < -0.39 is 12.4 Å². The van der Waals surface area contributed by atoms with Crippen molar-refractivity contribution in [3.05, 3.63) is 0 Å². The summed E-state index contributed by atoms with van der Waals surface area (Å²) < 4.78 is 29.2. The quantitative estimate of drug-likeness (QED) is 0.671. The van der Waals surface area contributed by atoms with Gasteiger partial charge in [0.05, 0.1) is 0 Å². The number of alkyl halides is 2. The monoisotopic (exact) mass is 302 g/mol. The molecular formula is C17H28F2O2. The lowest BCUT2D eigenvalue weighted by Crippen LogP contribution is -2.31. The molecule has 0 N–H and O–H groups in total. The maximum absolute atomic E-state index is 12.2. The molecule has 0 aromatic rings. The molecule has 0 heterocycles. The zero-order valence-corrected chi connectivity index (χ0v) is 13.0. The van der Waals surface area contributed by atoms with E-state index in [9.17, 15) is 13.6 Å². The van der Waals surface area contributed by atoms with Crippen LogP contribution in [0.2, 0.25) is 0 Å². The number of halogens is 2. The summed E-state index contributed by atoms with van der Waals surface area (Å²) >= 11 is 0. The third-order valence-electron chi connectivity index (χ3n) is 5.43. The van der Waals surface area contributed by atoms with Gasteiger partial charge in [-0.25, -0.2) is 4.79 Å². The molecule has 0 radical (unpaired) electrons. The van der Waals surface area contributed by atoms with Gasteiger partial charge in [-0.2, -0.15) is 8.78 Å². The Morgan fingerprint density at radius 3 is 2.00 bits per heavy atom. The van der Waals surface area contributed by atoms with Crippen LogP contribution in [0.15, 0.2) is 0 Å².